The van der Waals surface area contributed by atoms with Crippen molar-refractivity contribution in [2.75, 3.05) is 0 Å². The molecule has 132 valence electrons. The van der Waals surface area contributed by atoms with Crippen LogP contribution in [0, 0.1) is 11.5 Å². The van der Waals surface area contributed by atoms with Gasteiger partial charge in [0, 0.05) is 6.20 Å². The fraction of sp³-hybridized carbons (Fsp3) is 0.588. The first-order valence-electron chi connectivity index (χ1n) is 7.90. The minimum Gasteiger partial charge on any atom is -0.277 e. The molecule has 0 bridgehead atoms. The summed E-state index contributed by atoms with van der Waals surface area (Å²) in [7, 11) is -2.12. The Kier molecular flexibility index (Phi) is 6.34. The number of halogens is 3. The second-order valence-electron chi connectivity index (χ2n) is 6.74. The number of aromatic nitrogens is 2. The predicted octanol–water partition coefficient (Wildman–Crippen LogP) is 4.90. The average molecular weight is 356 g/mol. The van der Waals surface area contributed by atoms with Crippen molar-refractivity contribution in [1.29, 1.82) is 0 Å². The first kappa shape index (κ1) is 20.4. The van der Waals surface area contributed by atoms with E-state index in [1.54, 1.807) is 0 Å². The van der Waals surface area contributed by atoms with Gasteiger partial charge in [-0.1, -0.05) is 41.5 Å². The Hall–Kier alpha value is -1.68. The summed E-state index contributed by atoms with van der Waals surface area (Å²) in [5.41, 5.74) is 3.85. The van der Waals surface area contributed by atoms with Crippen LogP contribution in [0.5, 0.6) is 0 Å². The van der Waals surface area contributed by atoms with Gasteiger partial charge in [-0.3, -0.25) is 4.79 Å². The van der Waals surface area contributed by atoms with Gasteiger partial charge in [0.1, 0.15) is 13.8 Å². The van der Waals surface area contributed by atoms with E-state index >= 15 is 0 Å². The smallest absolute Gasteiger partial charge is 0.277 e. The lowest BCUT2D eigenvalue weighted by atomic mass is 10.3. The number of carbonyl (C=O) groups is 1. The third-order valence-electron chi connectivity index (χ3n) is 4.40. The van der Waals surface area contributed by atoms with E-state index in [0.717, 1.165) is 12.3 Å². The SMILES string of the molecule is CC(C)[Si](C#CC(=O)c1ccnc(C(F)(F)F)n1)(C(C)C)C(C)C. The monoisotopic (exact) mass is 356 g/mol. The van der Waals surface area contributed by atoms with Crippen LogP contribution in [-0.2, 0) is 6.18 Å². The molecule has 0 saturated heterocycles. The maximum absolute atomic E-state index is 12.7. The van der Waals surface area contributed by atoms with E-state index in [2.05, 4.69) is 63.0 Å². The average Bonchev–Trinajstić information content (AvgIpc) is 2.45. The molecule has 24 heavy (non-hydrogen) atoms. The highest BCUT2D eigenvalue weighted by Gasteiger charge is 2.42. The molecule has 0 fully saturated rings. The van der Waals surface area contributed by atoms with Crippen molar-refractivity contribution in [3.05, 3.63) is 23.8 Å². The normalized spacial score (nSPS) is 12.5. The molecule has 0 radical (unpaired) electrons. The molecule has 1 aromatic heterocycles. The number of Topliss-reactive ketones (excluding diaryl/α,β-unsaturated/α-hetero) is 1. The van der Waals surface area contributed by atoms with Gasteiger partial charge in [-0.15, -0.1) is 5.54 Å². The van der Waals surface area contributed by atoms with Crippen molar-refractivity contribution in [2.24, 2.45) is 0 Å². The first-order valence-corrected chi connectivity index (χ1v) is 10.1. The Labute approximate surface area is 142 Å². The van der Waals surface area contributed by atoms with Crippen molar-refractivity contribution in [3.63, 3.8) is 0 Å². The van der Waals surface area contributed by atoms with E-state index in [-0.39, 0.29) is 5.69 Å². The summed E-state index contributed by atoms with van der Waals surface area (Å²) < 4.78 is 38.0. The summed E-state index contributed by atoms with van der Waals surface area (Å²) in [6, 6.07) is 1.16. The van der Waals surface area contributed by atoms with E-state index in [1.165, 1.54) is 0 Å². The fourth-order valence-electron chi connectivity index (χ4n) is 3.28. The van der Waals surface area contributed by atoms with E-state index in [0.29, 0.717) is 16.6 Å². The van der Waals surface area contributed by atoms with Crippen molar-refractivity contribution >= 4 is 13.9 Å². The van der Waals surface area contributed by atoms with Crippen LogP contribution in [0.4, 0.5) is 13.2 Å². The second-order valence-corrected chi connectivity index (χ2v) is 12.3. The van der Waals surface area contributed by atoms with Crippen molar-refractivity contribution in [1.82, 2.24) is 9.97 Å². The van der Waals surface area contributed by atoms with Crippen LogP contribution in [0.1, 0.15) is 57.9 Å². The van der Waals surface area contributed by atoms with Crippen molar-refractivity contribution < 1.29 is 18.0 Å². The van der Waals surface area contributed by atoms with Crippen LogP contribution in [0.3, 0.4) is 0 Å². The zero-order valence-corrected chi connectivity index (χ0v) is 15.8. The predicted molar refractivity (Wildman–Crippen MR) is 90.2 cm³/mol. The van der Waals surface area contributed by atoms with Gasteiger partial charge >= 0.3 is 6.18 Å². The molecule has 0 saturated carbocycles. The minimum atomic E-state index is -4.68. The molecular formula is C17H23F3N2OSi. The molecule has 0 aliphatic carbocycles. The molecule has 0 aliphatic rings. The summed E-state index contributed by atoms with van der Waals surface area (Å²) in [6.45, 7) is 12.6. The third kappa shape index (κ3) is 4.23. The maximum atomic E-state index is 12.7. The number of hydrogen-bond acceptors (Lipinski definition) is 3. The molecule has 1 rings (SSSR count). The van der Waals surface area contributed by atoms with Gasteiger partial charge in [0.15, 0.2) is 0 Å². The van der Waals surface area contributed by atoms with Crippen LogP contribution in [0.2, 0.25) is 16.6 Å². The Morgan fingerprint density at radius 2 is 1.58 bits per heavy atom. The summed E-state index contributed by atoms with van der Waals surface area (Å²) >= 11 is 0. The van der Waals surface area contributed by atoms with Crippen molar-refractivity contribution in [3.8, 4) is 11.5 Å². The number of carbonyl (C=O) groups excluding carboxylic acids is 1. The molecule has 0 aliphatic heterocycles. The Morgan fingerprint density at radius 1 is 1.08 bits per heavy atom. The lowest BCUT2D eigenvalue weighted by Gasteiger charge is -2.37. The number of ketones is 1. The maximum Gasteiger partial charge on any atom is 0.451 e. The highest BCUT2D eigenvalue weighted by molar-refractivity contribution is 6.90. The van der Waals surface area contributed by atoms with Gasteiger partial charge in [0.2, 0.25) is 5.82 Å². The van der Waals surface area contributed by atoms with E-state index in [1.807, 2.05) is 0 Å². The molecule has 0 aromatic carbocycles. The highest BCUT2D eigenvalue weighted by Crippen LogP contribution is 2.40. The Balaban J connectivity index is 3.26. The fourth-order valence-corrected chi connectivity index (χ4v) is 8.48. The van der Waals surface area contributed by atoms with Crippen LogP contribution in [0.15, 0.2) is 12.3 Å². The molecule has 3 nitrogen and oxygen atoms in total. The lowest BCUT2D eigenvalue weighted by molar-refractivity contribution is -0.145. The summed E-state index contributed by atoms with van der Waals surface area (Å²) in [6.07, 6.45) is -3.75. The van der Waals surface area contributed by atoms with Crippen molar-refractivity contribution in [2.45, 2.75) is 64.3 Å². The highest BCUT2D eigenvalue weighted by atomic mass is 28.3. The third-order valence-corrected chi connectivity index (χ3v) is 10.7. The number of hydrogen-bond donors (Lipinski definition) is 0. The zero-order chi connectivity index (χ0) is 18.7. The molecule has 0 atom stereocenters. The molecule has 0 spiro atoms. The molecule has 0 amide bonds. The lowest BCUT2D eigenvalue weighted by Crippen LogP contribution is -2.43. The van der Waals surface area contributed by atoms with E-state index in [4.69, 9.17) is 0 Å². The zero-order valence-electron chi connectivity index (χ0n) is 14.8. The van der Waals surface area contributed by atoms with Gasteiger partial charge in [0.05, 0.1) is 0 Å². The van der Waals surface area contributed by atoms with E-state index in [9.17, 15) is 18.0 Å². The number of alkyl halides is 3. The van der Waals surface area contributed by atoms with Crippen LogP contribution < -0.4 is 0 Å². The van der Waals surface area contributed by atoms with Crippen LogP contribution in [0.25, 0.3) is 0 Å². The molecular weight excluding hydrogens is 333 g/mol. The van der Waals surface area contributed by atoms with Crippen LogP contribution >= 0.6 is 0 Å². The van der Waals surface area contributed by atoms with Gasteiger partial charge < -0.3 is 0 Å². The summed E-state index contributed by atoms with van der Waals surface area (Å²) in [5.74, 6) is 0.561. The quantitative estimate of drug-likeness (QED) is 0.438. The second kappa shape index (κ2) is 7.47. The standard InChI is InChI=1S/C17H23F3N2OSi/c1-11(2)24(12(3)4,13(5)6)10-8-15(23)14-7-9-21-16(22-14)17(18,19)20/h7,9,11-13H,1-6H3. The molecule has 0 N–H and O–H groups in total. The number of rotatable bonds is 4. The summed E-state index contributed by atoms with van der Waals surface area (Å²) in [4.78, 5) is 18.7. The number of nitrogens with zero attached hydrogens (tertiary/aromatic N) is 2. The molecule has 1 heterocycles. The molecule has 1 aromatic rings. The largest absolute Gasteiger partial charge is 0.451 e. The van der Waals surface area contributed by atoms with E-state index < -0.39 is 25.9 Å². The minimum absolute atomic E-state index is 0.316. The topological polar surface area (TPSA) is 42.9 Å². The first-order chi connectivity index (χ1) is 10.9. The van der Waals surface area contributed by atoms with Gasteiger partial charge in [-0.05, 0) is 28.6 Å². The van der Waals surface area contributed by atoms with Gasteiger partial charge in [-0.25, -0.2) is 9.97 Å². The van der Waals surface area contributed by atoms with Gasteiger partial charge in [-0.2, -0.15) is 13.2 Å². The Bertz CT molecular complexity index is 636. The molecule has 0 unspecified atom stereocenters. The van der Waals surface area contributed by atoms with Gasteiger partial charge in [0.25, 0.3) is 5.78 Å². The summed E-state index contributed by atoms with van der Waals surface area (Å²) in [5, 5.41) is 0. The molecule has 7 heteroatoms. The Morgan fingerprint density at radius 3 is 2.00 bits per heavy atom. The van der Waals surface area contributed by atoms with Crippen LogP contribution in [-0.4, -0.2) is 23.8 Å².